The Morgan fingerprint density at radius 1 is 1.33 bits per heavy atom. The molecule has 0 radical (unpaired) electrons. The molecule has 1 heterocycles. The molecule has 3 unspecified atom stereocenters. The number of carbonyl (C=O) groups excluding carboxylic acids is 1. The third-order valence-electron chi connectivity index (χ3n) is 4.42. The minimum absolute atomic E-state index is 0. The van der Waals surface area contributed by atoms with Gasteiger partial charge in [-0.25, -0.2) is 0 Å². The van der Waals surface area contributed by atoms with Crippen LogP contribution in [0.5, 0.6) is 0 Å². The molecule has 1 aliphatic heterocycles. The summed E-state index contributed by atoms with van der Waals surface area (Å²) in [5.41, 5.74) is -0.182. The lowest BCUT2D eigenvalue weighted by Crippen LogP contribution is -2.51. The van der Waals surface area contributed by atoms with Crippen LogP contribution in [0.25, 0.3) is 0 Å². The smallest absolute Gasteiger partial charge is 0.227 e. The van der Waals surface area contributed by atoms with Crippen LogP contribution < -0.4 is 10.6 Å². The quantitative estimate of drug-likeness (QED) is 0.812. The monoisotopic (exact) mass is 274 g/mol. The van der Waals surface area contributed by atoms with E-state index < -0.39 is 0 Å². The highest BCUT2D eigenvalue weighted by Crippen LogP contribution is 2.28. The van der Waals surface area contributed by atoms with Crippen LogP contribution in [0.15, 0.2) is 0 Å². The van der Waals surface area contributed by atoms with E-state index in [9.17, 15) is 4.79 Å². The number of amides is 1. The van der Waals surface area contributed by atoms with Crippen LogP contribution in [0.1, 0.15) is 52.4 Å². The number of piperidine rings is 1. The number of hydrogen-bond acceptors (Lipinski definition) is 2. The van der Waals surface area contributed by atoms with Crippen LogP contribution in [-0.4, -0.2) is 25.0 Å². The Balaban J connectivity index is 0.00000162. The van der Waals surface area contributed by atoms with Crippen LogP contribution in [0.3, 0.4) is 0 Å². The van der Waals surface area contributed by atoms with Crippen LogP contribution in [0.4, 0.5) is 0 Å². The Morgan fingerprint density at radius 3 is 2.72 bits per heavy atom. The van der Waals surface area contributed by atoms with Crippen LogP contribution in [0, 0.1) is 11.3 Å². The van der Waals surface area contributed by atoms with Gasteiger partial charge in [-0.1, -0.05) is 19.8 Å². The summed E-state index contributed by atoms with van der Waals surface area (Å²) >= 11 is 0. The summed E-state index contributed by atoms with van der Waals surface area (Å²) in [7, 11) is 0. The van der Waals surface area contributed by atoms with E-state index in [1.165, 1.54) is 19.3 Å². The molecule has 1 amide bonds. The summed E-state index contributed by atoms with van der Waals surface area (Å²) in [5.74, 6) is 1.04. The summed E-state index contributed by atoms with van der Waals surface area (Å²) in [5, 5.41) is 6.62. The Labute approximate surface area is 117 Å². The van der Waals surface area contributed by atoms with Gasteiger partial charge in [-0.15, -0.1) is 12.4 Å². The minimum Gasteiger partial charge on any atom is -0.353 e. The van der Waals surface area contributed by atoms with E-state index in [1.54, 1.807) is 0 Å². The fourth-order valence-corrected chi connectivity index (χ4v) is 3.17. The van der Waals surface area contributed by atoms with Crippen molar-refractivity contribution < 1.29 is 4.79 Å². The molecular weight excluding hydrogens is 248 g/mol. The maximum absolute atomic E-state index is 12.3. The molecule has 3 nitrogen and oxygen atoms in total. The fourth-order valence-electron chi connectivity index (χ4n) is 3.17. The van der Waals surface area contributed by atoms with Crippen molar-refractivity contribution in [2.45, 2.75) is 58.4 Å². The number of halogens is 1. The van der Waals surface area contributed by atoms with E-state index >= 15 is 0 Å². The standard InChI is InChI=1S/C14H26N2O.ClH/c1-11-5-3-6-12(9-11)16-13(17)14(2)7-4-8-15-10-14;/h11-12,15H,3-10H2,1-2H3,(H,16,17);1H. The molecule has 0 aromatic heterocycles. The summed E-state index contributed by atoms with van der Waals surface area (Å²) in [6, 6.07) is 0.421. The molecule has 106 valence electrons. The largest absolute Gasteiger partial charge is 0.353 e. The van der Waals surface area contributed by atoms with E-state index in [0.717, 1.165) is 38.3 Å². The zero-order chi connectivity index (χ0) is 12.3. The van der Waals surface area contributed by atoms with E-state index in [4.69, 9.17) is 0 Å². The van der Waals surface area contributed by atoms with Gasteiger partial charge in [-0.05, 0) is 45.1 Å². The van der Waals surface area contributed by atoms with E-state index in [0.29, 0.717) is 6.04 Å². The lowest BCUT2D eigenvalue weighted by Gasteiger charge is -2.36. The van der Waals surface area contributed by atoms with Gasteiger partial charge in [0.05, 0.1) is 5.41 Å². The summed E-state index contributed by atoms with van der Waals surface area (Å²) in [6.45, 7) is 6.29. The highest BCUT2D eigenvalue weighted by Gasteiger charge is 2.35. The van der Waals surface area contributed by atoms with Crippen molar-refractivity contribution in [3.63, 3.8) is 0 Å². The SMILES string of the molecule is CC1CCCC(NC(=O)C2(C)CCCNC2)C1.Cl. The fraction of sp³-hybridized carbons (Fsp3) is 0.929. The maximum Gasteiger partial charge on any atom is 0.227 e. The Hall–Kier alpha value is -0.280. The molecule has 1 saturated carbocycles. The van der Waals surface area contributed by atoms with Crippen LogP contribution in [0.2, 0.25) is 0 Å². The molecule has 1 saturated heterocycles. The normalized spacial score (nSPS) is 36.6. The first-order chi connectivity index (χ1) is 8.10. The molecule has 2 rings (SSSR count). The van der Waals surface area contributed by atoms with Gasteiger partial charge in [0.25, 0.3) is 0 Å². The molecule has 0 aromatic carbocycles. The van der Waals surface area contributed by atoms with E-state index in [2.05, 4.69) is 24.5 Å². The number of carbonyl (C=O) groups is 1. The summed E-state index contributed by atoms with van der Waals surface area (Å²) in [6.07, 6.45) is 7.06. The van der Waals surface area contributed by atoms with Gasteiger partial charge in [-0.3, -0.25) is 4.79 Å². The van der Waals surface area contributed by atoms with Gasteiger partial charge in [0.15, 0.2) is 0 Å². The van der Waals surface area contributed by atoms with Crippen molar-refractivity contribution >= 4 is 18.3 Å². The molecule has 0 spiro atoms. The second-order valence-corrected chi connectivity index (χ2v) is 6.28. The molecule has 0 bridgehead atoms. The molecule has 1 aliphatic carbocycles. The van der Waals surface area contributed by atoms with Crippen molar-refractivity contribution in [3.8, 4) is 0 Å². The van der Waals surface area contributed by atoms with Gasteiger partial charge in [0.2, 0.25) is 5.91 Å². The average Bonchev–Trinajstić information content (AvgIpc) is 2.30. The first kappa shape index (κ1) is 15.8. The van der Waals surface area contributed by atoms with Gasteiger partial charge < -0.3 is 10.6 Å². The Bertz CT molecular complexity index is 277. The van der Waals surface area contributed by atoms with E-state index in [-0.39, 0.29) is 23.7 Å². The number of rotatable bonds is 2. The third kappa shape index (κ3) is 3.86. The molecule has 2 N–H and O–H groups in total. The molecule has 0 aromatic rings. The summed E-state index contributed by atoms with van der Waals surface area (Å²) in [4.78, 5) is 12.3. The van der Waals surface area contributed by atoms with Crippen molar-refractivity contribution in [1.82, 2.24) is 10.6 Å². The molecule has 2 fully saturated rings. The average molecular weight is 275 g/mol. The van der Waals surface area contributed by atoms with E-state index in [1.807, 2.05) is 0 Å². The Morgan fingerprint density at radius 2 is 2.11 bits per heavy atom. The van der Waals surface area contributed by atoms with Crippen molar-refractivity contribution in [1.29, 1.82) is 0 Å². The third-order valence-corrected chi connectivity index (χ3v) is 4.42. The highest BCUT2D eigenvalue weighted by molar-refractivity contribution is 5.85. The molecule has 3 atom stereocenters. The lowest BCUT2D eigenvalue weighted by molar-refractivity contribution is -0.132. The lowest BCUT2D eigenvalue weighted by atomic mass is 9.80. The second kappa shape index (κ2) is 6.76. The van der Waals surface area contributed by atoms with Gasteiger partial charge >= 0.3 is 0 Å². The van der Waals surface area contributed by atoms with Gasteiger partial charge in [0.1, 0.15) is 0 Å². The second-order valence-electron chi connectivity index (χ2n) is 6.28. The maximum atomic E-state index is 12.3. The summed E-state index contributed by atoms with van der Waals surface area (Å²) < 4.78 is 0. The molecule has 4 heteroatoms. The Kier molecular flexibility index (Phi) is 5.93. The zero-order valence-electron chi connectivity index (χ0n) is 11.6. The highest BCUT2D eigenvalue weighted by atomic mass is 35.5. The van der Waals surface area contributed by atoms with Gasteiger partial charge in [0, 0.05) is 12.6 Å². The van der Waals surface area contributed by atoms with Crippen LogP contribution >= 0.6 is 12.4 Å². The van der Waals surface area contributed by atoms with Gasteiger partial charge in [-0.2, -0.15) is 0 Å². The minimum atomic E-state index is -0.182. The van der Waals surface area contributed by atoms with Crippen molar-refractivity contribution in [3.05, 3.63) is 0 Å². The first-order valence-corrected chi connectivity index (χ1v) is 7.12. The topological polar surface area (TPSA) is 41.1 Å². The van der Waals surface area contributed by atoms with Crippen molar-refractivity contribution in [2.75, 3.05) is 13.1 Å². The number of nitrogens with one attached hydrogen (secondary N) is 2. The molecule has 18 heavy (non-hydrogen) atoms. The number of hydrogen-bond donors (Lipinski definition) is 2. The first-order valence-electron chi connectivity index (χ1n) is 7.12. The predicted molar refractivity (Wildman–Crippen MR) is 77.0 cm³/mol. The molecular formula is C14H27ClN2O. The molecule has 2 aliphatic rings. The van der Waals surface area contributed by atoms with Crippen molar-refractivity contribution in [2.24, 2.45) is 11.3 Å². The predicted octanol–water partition coefficient (Wildman–Crippen LogP) is 2.49. The van der Waals surface area contributed by atoms with Crippen LogP contribution in [-0.2, 0) is 4.79 Å². The zero-order valence-corrected chi connectivity index (χ0v) is 12.4.